The van der Waals surface area contributed by atoms with Crippen LogP contribution in [0.4, 0.5) is 4.79 Å². The Morgan fingerprint density at radius 3 is 2.31 bits per heavy atom. The van der Waals surface area contributed by atoms with Crippen molar-refractivity contribution < 1.29 is 14.0 Å². The third-order valence-electron chi connectivity index (χ3n) is 5.96. The zero-order chi connectivity index (χ0) is 21.9. The Labute approximate surface area is 178 Å². The fourth-order valence-corrected chi connectivity index (χ4v) is 4.23. The first-order valence-electron chi connectivity index (χ1n) is 10.7. The molecule has 0 spiro atoms. The summed E-state index contributed by atoms with van der Waals surface area (Å²) in [6.45, 7) is 18.4. The van der Waals surface area contributed by atoms with Crippen molar-refractivity contribution in [2.45, 2.75) is 77.7 Å². The molecule has 1 aliphatic heterocycles. The lowest BCUT2D eigenvalue weighted by Gasteiger charge is -2.37. The highest BCUT2D eigenvalue weighted by atomic mass is 28.4. The Kier molecular flexibility index (Phi) is 7.39. The smallest absolute Gasteiger partial charge is 0.410 e. The Balaban J connectivity index is 2.18. The van der Waals surface area contributed by atoms with Crippen molar-refractivity contribution >= 4 is 20.5 Å². The minimum Gasteiger partial charge on any atom is -0.444 e. The van der Waals surface area contributed by atoms with Gasteiger partial charge in [0, 0.05) is 19.1 Å². The monoisotopic (exact) mass is 417 g/mol. The second-order valence-corrected chi connectivity index (χ2v) is 15.4. The first-order chi connectivity index (χ1) is 13.3. The molecule has 0 aliphatic carbocycles. The van der Waals surface area contributed by atoms with Crippen LogP contribution in [-0.4, -0.2) is 44.1 Å². The van der Waals surface area contributed by atoms with E-state index in [1.54, 1.807) is 0 Å². The average molecular weight is 418 g/mol. The van der Waals surface area contributed by atoms with Gasteiger partial charge >= 0.3 is 6.09 Å². The second-order valence-electron chi connectivity index (χ2n) is 10.6. The van der Waals surface area contributed by atoms with E-state index in [0.29, 0.717) is 13.2 Å². The van der Waals surface area contributed by atoms with E-state index in [0.717, 1.165) is 12.0 Å². The lowest BCUT2D eigenvalue weighted by atomic mass is 10.0. The van der Waals surface area contributed by atoms with Gasteiger partial charge in [0.15, 0.2) is 8.32 Å². The number of ether oxygens (including phenoxy) is 1. The molecule has 1 heterocycles. The minimum atomic E-state index is -1.84. The van der Waals surface area contributed by atoms with E-state index >= 15 is 0 Å². The quantitative estimate of drug-likeness (QED) is 0.524. The molecule has 1 aliphatic rings. The third kappa shape index (κ3) is 6.71. The Morgan fingerprint density at radius 2 is 1.76 bits per heavy atom. The fraction of sp³-hybridized carbons (Fsp3) is 0.625. The van der Waals surface area contributed by atoms with Crippen LogP contribution in [0, 0.1) is 5.92 Å². The number of carbonyl (C=O) groups is 1. The maximum Gasteiger partial charge on any atom is 0.410 e. The summed E-state index contributed by atoms with van der Waals surface area (Å²) in [6.07, 6.45) is 4.94. The zero-order valence-corrected chi connectivity index (χ0v) is 20.5. The van der Waals surface area contributed by atoms with Crippen molar-refractivity contribution in [1.29, 1.82) is 0 Å². The molecule has 29 heavy (non-hydrogen) atoms. The van der Waals surface area contributed by atoms with E-state index in [-0.39, 0.29) is 23.1 Å². The molecule has 1 amide bonds. The normalized spacial score (nSPS) is 21.0. The summed E-state index contributed by atoms with van der Waals surface area (Å²) in [5.74, 6) is 0.275. The molecule has 2 rings (SSSR count). The molecule has 0 radical (unpaired) electrons. The van der Waals surface area contributed by atoms with Crippen molar-refractivity contribution in [3.8, 4) is 0 Å². The Bertz CT molecular complexity index is 701. The van der Waals surface area contributed by atoms with E-state index in [1.165, 1.54) is 0 Å². The SMILES string of the molecule is CC(C)(C)OC(=O)N1CC[C@H](CO[Si](C)(C)C(C)(C)C)[C@@H]1/C=C/c1ccccc1. The van der Waals surface area contributed by atoms with Gasteiger partial charge in [-0.1, -0.05) is 63.3 Å². The molecular formula is C24H39NO3Si. The molecule has 0 unspecified atom stereocenters. The summed E-state index contributed by atoms with van der Waals surface area (Å²) >= 11 is 0. The summed E-state index contributed by atoms with van der Waals surface area (Å²) in [7, 11) is -1.84. The zero-order valence-electron chi connectivity index (χ0n) is 19.5. The maximum atomic E-state index is 12.8. The van der Waals surface area contributed by atoms with E-state index < -0.39 is 13.9 Å². The first kappa shape index (κ1) is 23.7. The molecular weight excluding hydrogens is 378 g/mol. The number of amides is 1. The summed E-state index contributed by atoms with van der Waals surface area (Å²) in [6, 6.07) is 10.2. The minimum absolute atomic E-state index is 0.0187. The highest BCUT2D eigenvalue weighted by Gasteiger charge is 2.41. The van der Waals surface area contributed by atoms with Crippen LogP contribution in [0.25, 0.3) is 6.08 Å². The van der Waals surface area contributed by atoms with Crippen LogP contribution in [0.3, 0.4) is 0 Å². The van der Waals surface area contributed by atoms with Crippen molar-refractivity contribution in [2.75, 3.05) is 13.2 Å². The standard InChI is InChI=1S/C24H39NO3Si/c1-23(2,3)28-22(26)25-17-16-20(18-27-29(7,8)24(4,5)6)21(25)15-14-19-12-10-9-11-13-19/h9-15,20-21H,16-18H2,1-8H3/b15-14+/t20-,21+/m1/s1. The highest BCUT2D eigenvalue weighted by molar-refractivity contribution is 6.74. The highest BCUT2D eigenvalue weighted by Crippen LogP contribution is 2.38. The van der Waals surface area contributed by atoms with Crippen molar-refractivity contribution in [1.82, 2.24) is 4.90 Å². The van der Waals surface area contributed by atoms with Gasteiger partial charge in [-0.05, 0) is 50.9 Å². The molecule has 0 saturated carbocycles. The van der Waals surface area contributed by atoms with Gasteiger partial charge in [-0.2, -0.15) is 0 Å². The predicted octanol–water partition coefficient (Wildman–Crippen LogP) is 6.35. The molecule has 1 saturated heterocycles. The summed E-state index contributed by atoms with van der Waals surface area (Å²) in [5.41, 5.74) is 0.633. The lowest BCUT2D eigenvalue weighted by molar-refractivity contribution is 0.0235. The number of benzene rings is 1. The first-order valence-corrected chi connectivity index (χ1v) is 13.6. The van der Waals surface area contributed by atoms with Crippen LogP contribution in [0.5, 0.6) is 0 Å². The number of likely N-dealkylation sites (tertiary alicyclic amines) is 1. The summed E-state index contributed by atoms with van der Waals surface area (Å²) in [5, 5.41) is 0.172. The van der Waals surface area contributed by atoms with Crippen molar-refractivity contribution in [2.24, 2.45) is 5.92 Å². The van der Waals surface area contributed by atoms with Crippen LogP contribution >= 0.6 is 0 Å². The number of rotatable bonds is 5. The van der Waals surface area contributed by atoms with E-state index in [4.69, 9.17) is 9.16 Å². The van der Waals surface area contributed by atoms with Crippen LogP contribution in [0.15, 0.2) is 36.4 Å². The molecule has 5 heteroatoms. The van der Waals surface area contributed by atoms with Gasteiger partial charge in [0.1, 0.15) is 5.60 Å². The topological polar surface area (TPSA) is 38.8 Å². The van der Waals surface area contributed by atoms with Crippen molar-refractivity contribution in [3.63, 3.8) is 0 Å². The fourth-order valence-electron chi connectivity index (χ4n) is 3.16. The van der Waals surface area contributed by atoms with Crippen LogP contribution in [0.1, 0.15) is 53.5 Å². The maximum absolute atomic E-state index is 12.8. The van der Waals surface area contributed by atoms with Gasteiger partial charge in [0.25, 0.3) is 0 Å². The molecule has 0 bridgehead atoms. The molecule has 2 atom stereocenters. The van der Waals surface area contributed by atoms with Gasteiger partial charge in [-0.3, -0.25) is 0 Å². The van der Waals surface area contributed by atoms with Gasteiger partial charge in [-0.15, -0.1) is 0 Å². The molecule has 0 aromatic heterocycles. The molecule has 4 nitrogen and oxygen atoms in total. The van der Waals surface area contributed by atoms with Gasteiger partial charge in [0.05, 0.1) is 6.04 Å². The van der Waals surface area contributed by atoms with Gasteiger partial charge in [-0.25, -0.2) is 4.79 Å². The van der Waals surface area contributed by atoms with Gasteiger partial charge < -0.3 is 14.1 Å². The number of hydrogen-bond donors (Lipinski definition) is 0. The number of nitrogens with zero attached hydrogens (tertiary/aromatic N) is 1. The van der Waals surface area contributed by atoms with E-state index in [9.17, 15) is 4.79 Å². The number of hydrogen-bond acceptors (Lipinski definition) is 3. The molecule has 162 valence electrons. The summed E-state index contributed by atoms with van der Waals surface area (Å²) in [4.78, 5) is 14.7. The van der Waals surface area contributed by atoms with Crippen molar-refractivity contribution in [3.05, 3.63) is 42.0 Å². The van der Waals surface area contributed by atoms with Crippen LogP contribution < -0.4 is 0 Å². The third-order valence-corrected chi connectivity index (χ3v) is 10.5. The molecule has 1 fully saturated rings. The van der Waals surface area contributed by atoms with Gasteiger partial charge in [0.2, 0.25) is 0 Å². The predicted molar refractivity (Wildman–Crippen MR) is 123 cm³/mol. The lowest BCUT2D eigenvalue weighted by Crippen LogP contribution is -2.44. The molecule has 0 N–H and O–H groups in total. The van der Waals surface area contributed by atoms with Crippen LogP contribution in [0.2, 0.25) is 18.1 Å². The average Bonchev–Trinajstić information content (AvgIpc) is 3.00. The Hall–Kier alpha value is -1.59. The largest absolute Gasteiger partial charge is 0.444 e. The Morgan fingerprint density at radius 1 is 1.14 bits per heavy atom. The van der Waals surface area contributed by atoms with E-state index in [2.05, 4.69) is 58.2 Å². The molecule has 1 aromatic carbocycles. The summed E-state index contributed by atoms with van der Waals surface area (Å²) < 4.78 is 12.2. The number of carbonyl (C=O) groups excluding carboxylic acids is 1. The second kappa shape index (κ2) is 9.05. The van der Waals surface area contributed by atoms with Crippen LogP contribution in [-0.2, 0) is 9.16 Å². The molecule has 1 aromatic rings. The van der Waals surface area contributed by atoms with E-state index in [1.807, 2.05) is 43.9 Å².